The molecule has 6 heteroatoms. The second-order valence-corrected chi connectivity index (χ2v) is 6.73. The first-order valence-electron chi connectivity index (χ1n) is 9.78. The standard InChI is InChI=1S/C25H23FO5/c1-4-31-18-11-9-16(10-12-18)22(27)13-17-14-23(29-2)24(30-3)15-20(17)25(28)19-7-5-6-8-21(19)26/h5-12,14-15H,4,13H2,1-3H3. The van der Waals surface area contributed by atoms with Gasteiger partial charge in [-0.3, -0.25) is 9.59 Å². The van der Waals surface area contributed by atoms with Gasteiger partial charge in [0, 0.05) is 17.5 Å². The normalized spacial score (nSPS) is 10.5. The van der Waals surface area contributed by atoms with Gasteiger partial charge in [0.1, 0.15) is 11.6 Å². The van der Waals surface area contributed by atoms with Crippen LogP contribution >= 0.6 is 0 Å². The van der Waals surface area contributed by atoms with Crippen LogP contribution in [-0.4, -0.2) is 32.4 Å². The van der Waals surface area contributed by atoms with Crippen molar-refractivity contribution in [3.05, 3.63) is 88.7 Å². The van der Waals surface area contributed by atoms with Gasteiger partial charge in [-0.05, 0) is 61.0 Å². The Morgan fingerprint density at radius 3 is 2.13 bits per heavy atom. The van der Waals surface area contributed by atoms with E-state index in [0.29, 0.717) is 35.0 Å². The summed E-state index contributed by atoms with van der Waals surface area (Å²) in [5.41, 5.74) is 0.999. The zero-order valence-corrected chi connectivity index (χ0v) is 17.6. The maximum atomic E-state index is 14.3. The van der Waals surface area contributed by atoms with Gasteiger partial charge < -0.3 is 14.2 Å². The van der Waals surface area contributed by atoms with E-state index in [1.54, 1.807) is 36.4 Å². The van der Waals surface area contributed by atoms with E-state index >= 15 is 0 Å². The number of halogens is 1. The first-order chi connectivity index (χ1) is 15.0. The molecule has 0 saturated heterocycles. The molecule has 0 saturated carbocycles. The Morgan fingerprint density at radius 2 is 1.52 bits per heavy atom. The first-order valence-corrected chi connectivity index (χ1v) is 9.78. The Balaban J connectivity index is 2.00. The van der Waals surface area contributed by atoms with Crippen LogP contribution in [-0.2, 0) is 6.42 Å². The predicted octanol–water partition coefficient (Wildman–Crippen LogP) is 4.90. The highest BCUT2D eigenvalue weighted by Crippen LogP contribution is 2.33. The Morgan fingerprint density at radius 1 is 0.871 bits per heavy atom. The highest BCUT2D eigenvalue weighted by Gasteiger charge is 2.22. The lowest BCUT2D eigenvalue weighted by molar-refractivity contribution is 0.0992. The summed E-state index contributed by atoms with van der Waals surface area (Å²) in [5, 5.41) is 0. The minimum Gasteiger partial charge on any atom is -0.494 e. The van der Waals surface area contributed by atoms with Crippen LogP contribution in [0.4, 0.5) is 4.39 Å². The molecule has 0 aliphatic carbocycles. The lowest BCUT2D eigenvalue weighted by atomic mass is 9.93. The molecule has 0 fully saturated rings. The average Bonchev–Trinajstić information content (AvgIpc) is 2.79. The summed E-state index contributed by atoms with van der Waals surface area (Å²) in [4.78, 5) is 26.0. The molecule has 5 nitrogen and oxygen atoms in total. The van der Waals surface area contributed by atoms with Gasteiger partial charge in [0.2, 0.25) is 0 Å². The number of hydrogen-bond acceptors (Lipinski definition) is 5. The molecule has 3 aromatic carbocycles. The fourth-order valence-electron chi connectivity index (χ4n) is 3.25. The van der Waals surface area contributed by atoms with Gasteiger partial charge in [-0.2, -0.15) is 0 Å². The molecule has 0 amide bonds. The van der Waals surface area contributed by atoms with Crippen LogP contribution in [0.1, 0.15) is 38.8 Å². The van der Waals surface area contributed by atoms with E-state index in [9.17, 15) is 14.0 Å². The smallest absolute Gasteiger partial charge is 0.196 e. The molecule has 31 heavy (non-hydrogen) atoms. The van der Waals surface area contributed by atoms with Crippen LogP contribution < -0.4 is 14.2 Å². The Labute approximate surface area is 180 Å². The van der Waals surface area contributed by atoms with Gasteiger partial charge >= 0.3 is 0 Å². The Hall–Kier alpha value is -3.67. The van der Waals surface area contributed by atoms with Crippen molar-refractivity contribution in [3.8, 4) is 17.2 Å². The van der Waals surface area contributed by atoms with Crippen LogP contribution in [0, 0.1) is 5.82 Å². The predicted molar refractivity (Wildman–Crippen MR) is 115 cm³/mol. The lowest BCUT2D eigenvalue weighted by Gasteiger charge is -2.15. The number of carbonyl (C=O) groups is 2. The fourth-order valence-corrected chi connectivity index (χ4v) is 3.25. The number of ketones is 2. The molecule has 0 N–H and O–H groups in total. The topological polar surface area (TPSA) is 61.8 Å². The third-order valence-electron chi connectivity index (χ3n) is 4.81. The average molecular weight is 422 g/mol. The maximum absolute atomic E-state index is 14.3. The van der Waals surface area contributed by atoms with E-state index in [-0.39, 0.29) is 23.3 Å². The molecule has 0 aromatic heterocycles. The molecule has 0 atom stereocenters. The van der Waals surface area contributed by atoms with Crippen LogP contribution in [0.3, 0.4) is 0 Å². The van der Waals surface area contributed by atoms with Crippen LogP contribution in [0.5, 0.6) is 17.2 Å². The quantitative estimate of drug-likeness (QED) is 0.459. The number of carbonyl (C=O) groups excluding carboxylic acids is 2. The summed E-state index contributed by atoms with van der Waals surface area (Å²) in [6.07, 6.45) is -0.0656. The number of rotatable bonds is 9. The van der Waals surface area contributed by atoms with E-state index < -0.39 is 11.6 Å². The molecule has 0 bridgehead atoms. The van der Waals surface area contributed by atoms with Crippen LogP contribution in [0.15, 0.2) is 60.7 Å². The molecule has 160 valence electrons. The molecule has 0 spiro atoms. The minimum atomic E-state index is -0.633. The molecule has 0 radical (unpaired) electrons. The maximum Gasteiger partial charge on any atom is 0.196 e. The molecular formula is C25H23FO5. The Kier molecular flexibility index (Phi) is 7.03. The van der Waals surface area contributed by atoms with E-state index in [0.717, 1.165) is 0 Å². The monoisotopic (exact) mass is 422 g/mol. The van der Waals surface area contributed by atoms with Crippen molar-refractivity contribution in [1.82, 2.24) is 0 Å². The third-order valence-corrected chi connectivity index (χ3v) is 4.81. The van der Waals surface area contributed by atoms with E-state index in [4.69, 9.17) is 14.2 Å². The second kappa shape index (κ2) is 9.89. The summed E-state index contributed by atoms with van der Waals surface area (Å²) in [6.45, 7) is 2.41. The third kappa shape index (κ3) is 4.91. The summed E-state index contributed by atoms with van der Waals surface area (Å²) in [5.74, 6) is -0.000377. The first kappa shape index (κ1) is 22.0. The van der Waals surface area contributed by atoms with E-state index in [1.807, 2.05) is 6.92 Å². The summed E-state index contributed by atoms with van der Waals surface area (Å²) < 4.78 is 30.3. The van der Waals surface area contributed by atoms with Gasteiger partial charge in [-0.25, -0.2) is 4.39 Å². The SMILES string of the molecule is CCOc1ccc(C(=O)Cc2cc(OC)c(OC)cc2C(=O)c2ccccc2F)cc1. The van der Waals surface area contributed by atoms with Crippen molar-refractivity contribution in [2.45, 2.75) is 13.3 Å². The zero-order chi connectivity index (χ0) is 22.4. The van der Waals surface area contributed by atoms with Crippen LogP contribution in [0.25, 0.3) is 0 Å². The number of methoxy groups -OCH3 is 2. The van der Waals surface area contributed by atoms with Crippen molar-refractivity contribution in [3.63, 3.8) is 0 Å². The van der Waals surface area contributed by atoms with Crippen molar-refractivity contribution in [2.75, 3.05) is 20.8 Å². The van der Waals surface area contributed by atoms with Gasteiger partial charge in [0.15, 0.2) is 23.1 Å². The van der Waals surface area contributed by atoms with Crippen molar-refractivity contribution in [1.29, 1.82) is 0 Å². The lowest BCUT2D eigenvalue weighted by Crippen LogP contribution is -2.12. The molecule has 0 aliphatic heterocycles. The largest absolute Gasteiger partial charge is 0.494 e. The number of hydrogen-bond donors (Lipinski definition) is 0. The number of Topliss-reactive ketones (excluding diaryl/α,β-unsaturated/α-hetero) is 1. The number of ether oxygens (including phenoxy) is 3. The van der Waals surface area contributed by atoms with Crippen molar-refractivity contribution < 1.29 is 28.2 Å². The Bertz CT molecular complexity index is 1090. The minimum absolute atomic E-state index is 0.0656. The highest BCUT2D eigenvalue weighted by atomic mass is 19.1. The van der Waals surface area contributed by atoms with Gasteiger partial charge in [-0.15, -0.1) is 0 Å². The van der Waals surface area contributed by atoms with Gasteiger partial charge in [0.25, 0.3) is 0 Å². The zero-order valence-electron chi connectivity index (χ0n) is 17.6. The molecule has 3 rings (SSSR count). The van der Waals surface area contributed by atoms with Gasteiger partial charge in [-0.1, -0.05) is 12.1 Å². The summed E-state index contributed by atoms with van der Waals surface area (Å²) in [6, 6.07) is 15.6. The summed E-state index contributed by atoms with van der Waals surface area (Å²) in [7, 11) is 2.91. The fraction of sp³-hybridized carbons (Fsp3) is 0.200. The van der Waals surface area contributed by atoms with Crippen molar-refractivity contribution in [2.24, 2.45) is 0 Å². The number of benzene rings is 3. The molecule has 0 aliphatic rings. The van der Waals surface area contributed by atoms with Gasteiger partial charge in [0.05, 0.1) is 26.4 Å². The molecule has 0 unspecified atom stereocenters. The second-order valence-electron chi connectivity index (χ2n) is 6.73. The van der Waals surface area contributed by atoms with Crippen molar-refractivity contribution >= 4 is 11.6 Å². The molecule has 0 heterocycles. The molecule has 3 aromatic rings. The summed E-state index contributed by atoms with van der Waals surface area (Å²) >= 11 is 0. The van der Waals surface area contributed by atoms with E-state index in [2.05, 4.69) is 0 Å². The molecular weight excluding hydrogens is 399 g/mol. The highest BCUT2D eigenvalue weighted by molar-refractivity contribution is 6.11. The van der Waals surface area contributed by atoms with Crippen LogP contribution in [0.2, 0.25) is 0 Å². The van der Waals surface area contributed by atoms with E-state index in [1.165, 1.54) is 38.5 Å².